The summed E-state index contributed by atoms with van der Waals surface area (Å²) in [5.41, 5.74) is 14.8. The number of hydrogen-bond acceptors (Lipinski definition) is 6. The van der Waals surface area contributed by atoms with E-state index in [-0.39, 0.29) is 24.5 Å². The van der Waals surface area contributed by atoms with Crippen LogP contribution >= 0.6 is 12.6 Å². The van der Waals surface area contributed by atoms with Crippen molar-refractivity contribution in [3.05, 3.63) is 64.7 Å². The highest BCUT2D eigenvalue weighted by atomic mass is 32.1. The van der Waals surface area contributed by atoms with Gasteiger partial charge in [0, 0.05) is 42.9 Å². The van der Waals surface area contributed by atoms with Gasteiger partial charge in [0.05, 0.1) is 18.1 Å². The third-order valence-corrected chi connectivity index (χ3v) is 5.94. The highest BCUT2D eigenvalue weighted by Crippen LogP contribution is 2.35. The number of carbonyl (C=O) groups is 2. The smallest absolute Gasteiger partial charge is 0.255 e. The van der Waals surface area contributed by atoms with E-state index < -0.39 is 11.8 Å². The molecular formula is C23H30N4O3S. The third-order valence-electron chi connectivity index (χ3n) is 5.47. The molecule has 0 aromatic heterocycles. The molecule has 0 spiro atoms. The van der Waals surface area contributed by atoms with Crippen molar-refractivity contribution in [1.29, 1.82) is 0 Å². The number of rotatable bonds is 9. The highest BCUT2D eigenvalue weighted by Gasteiger charge is 2.27. The van der Waals surface area contributed by atoms with Gasteiger partial charge in [-0.2, -0.15) is 12.6 Å². The number of para-hydroxylation sites is 1. The average molecular weight is 443 g/mol. The summed E-state index contributed by atoms with van der Waals surface area (Å²) in [4.78, 5) is 24.9. The minimum Gasteiger partial charge on any atom is -0.492 e. The van der Waals surface area contributed by atoms with Crippen LogP contribution in [0.15, 0.2) is 42.5 Å². The van der Waals surface area contributed by atoms with Crippen LogP contribution in [0.5, 0.6) is 5.75 Å². The fourth-order valence-corrected chi connectivity index (χ4v) is 3.77. The van der Waals surface area contributed by atoms with Crippen LogP contribution in [0.25, 0.3) is 0 Å². The van der Waals surface area contributed by atoms with Crippen molar-refractivity contribution in [2.75, 3.05) is 25.4 Å². The third kappa shape index (κ3) is 5.78. The van der Waals surface area contributed by atoms with E-state index in [1.54, 1.807) is 6.07 Å². The quantitative estimate of drug-likeness (QED) is 0.379. The monoisotopic (exact) mass is 442 g/mol. The van der Waals surface area contributed by atoms with Crippen LogP contribution in [-0.4, -0.2) is 43.3 Å². The molecule has 3 rings (SSSR count). The van der Waals surface area contributed by atoms with Gasteiger partial charge in [0.2, 0.25) is 5.91 Å². The van der Waals surface area contributed by atoms with Gasteiger partial charge in [0.15, 0.2) is 0 Å². The van der Waals surface area contributed by atoms with E-state index >= 15 is 0 Å². The Morgan fingerprint density at radius 3 is 2.61 bits per heavy atom. The van der Waals surface area contributed by atoms with Crippen molar-refractivity contribution in [1.82, 2.24) is 10.6 Å². The van der Waals surface area contributed by atoms with Gasteiger partial charge in [0.1, 0.15) is 5.75 Å². The summed E-state index contributed by atoms with van der Waals surface area (Å²) in [6, 6.07) is 13.1. The fourth-order valence-electron chi connectivity index (χ4n) is 3.65. The van der Waals surface area contributed by atoms with Gasteiger partial charge in [-0.25, -0.2) is 0 Å². The van der Waals surface area contributed by atoms with E-state index in [1.165, 1.54) is 0 Å². The Labute approximate surface area is 188 Å². The molecule has 8 heteroatoms. The molecule has 0 radical (unpaired) electrons. The lowest BCUT2D eigenvalue weighted by molar-refractivity contribution is -0.119. The Kier molecular flexibility index (Phi) is 7.95. The van der Waals surface area contributed by atoms with Crippen LogP contribution in [0.1, 0.15) is 45.4 Å². The molecule has 1 aliphatic rings. The first-order valence-corrected chi connectivity index (χ1v) is 11.0. The normalized spacial score (nSPS) is 17.2. The van der Waals surface area contributed by atoms with Crippen LogP contribution in [0, 0.1) is 6.92 Å². The summed E-state index contributed by atoms with van der Waals surface area (Å²) in [6.07, 6.45) is 0.786. The van der Waals surface area contributed by atoms with Crippen molar-refractivity contribution < 1.29 is 14.3 Å². The summed E-state index contributed by atoms with van der Waals surface area (Å²) in [5, 5.41) is 6.29. The summed E-state index contributed by atoms with van der Waals surface area (Å²) in [6.45, 7) is 3.20. The lowest BCUT2D eigenvalue weighted by atomic mass is 9.96. The Morgan fingerprint density at radius 2 is 1.94 bits per heavy atom. The summed E-state index contributed by atoms with van der Waals surface area (Å²) < 4.78 is 5.85. The first kappa shape index (κ1) is 23.1. The van der Waals surface area contributed by atoms with Crippen molar-refractivity contribution in [2.24, 2.45) is 11.5 Å². The molecule has 2 amide bonds. The molecule has 0 saturated heterocycles. The van der Waals surface area contributed by atoms with Gasteiger partial charge in [-0.3, -0.25) is 9.59 Å². The van der Waals surface area contributed by atoms with Crippen molar-refractivity contribution in [2.45, 2.75) is 31.3 Å². The number of ether oxygens (including phenoxy) is 1. The van der Waals surface area contributed by atoms with Crippen molar-refractivity contribution in [3.8, 4) is 5.75 Å². The second kappa shape index (κ2) is 10.7. The molecule has 0 saturated carbocycles. The van der Waals surface area contributed by atoms with Crippen molar-refractivity contribution in [3.63, 3.8) is 0 Å². The molecule has 0 bridgehead atoms. The topological polar surface area (TPSA) is 119 Å². The number of carbonyl (C=O) groups excluding carboxylic acids is 2. The molecule has 6 N–H and O–H groups in total. The molecule has 166 valence electrons. The largest absolute Gasteiger partial charge is 0.492 e. The number of primary amides is 1. The SMILES string of the molecule is Cc1ccc([C@H](CNC(=O)c2cccc3c2OCCC3NC[C@@H](N)CS)C(N)=O)cc1. The molecule has 1 heterocycles. The zero-order valence-electron chi connectivity index (χ0n) is 17.6. The maximum absolute atomic E-state index is 13.0. The predicted molar refractivity (Wildman–Crippen MR) is 125 cm³/mol. The zero-order valence-corrected chi connectivity index (χ0v) is 18.5. The molecular weight excluding hydrogens is 412 g/mol. The number of nitrogens with two attached hydrogens (primary N) is 2. The molecule has 31 heavy (non-hydrogen) atoms. The highest BCUT2D eigenvalue weighted by molar-refractivity contribution is 7.80. The van der Waals surface area contributed by atoms with Gasteiger partial charge >= 0.3 is 0 Å². The molecule has 3 atom stereocenters. The zero-order chi connectivity index (χ0) is 22.4. The number of nitrogens with one attached hydrogen (secondary N) is 2. The Hall–Kier alpha value is -2.55. The van der Waals surface area contributed by atoms with Gasteiger partial charge in [0.25, 0.3) is 5.91 Å². The van der Waals surface area contributed by atoms with E-state index in [0.717, 1.165) is 23.1 Å². The standard InChI is InChI=1S/C23H30N4O3S/c1-14-5-7-15(8-6-14)19(22(25)28)12-27-23(29)18-4-2-3-17-20(9-10-30-21(17)18)26-11-16(24)13-31/h2-8,16,19-20,26,31H,9-13,24H2,1H3,(H2,25,28)(H,27,29)/t16-,19+,20?/m1/s1. The van der Waals surface area contributed by atoms with E-state index in [4.69, 9.17) is 16.2 Å². The number of benzene rings is 2. The first-order chi connectivity index (χ1) is 14.9. The Balaban J connectivity index is 1.73. The van der Waals surface area contributed by atoms with Crippen LogP contribution in [0.4, 0.5) is 0 Å². The van der Waals surface area contributed by atoms with Gasteiger partial charge in [-0.1, -0.05) is 42.0 Å². The van der Waals surface area contributed by atoms with Crippen LogP contribution < -0.4 is 26.8 Å². The number of amides is 2. The van der Waals surface area contributed by atoms with Crippen LogP contribution in [0.2, 0.25) is 0 Å². The first-order valence-electron chi connectivity index (χ1n) is 10.4. The predicted octanol–water partition coefficient (Wildman–Crippen LogP) is 1.66. The number of thiol groups is 1. The summed E-state index contributed by atoms with van der Waals surface area (Å²) in [5.74, 6) is -0.243. The second-order valence-electron chi connectivity index (χ2n) is 7.84. The van der Waals surface area contributed by atoms with Crippen LogP contribution in [0.3, 0.4) is 0 Å². The van der Waals surface area contributed by atoms with Crippen molar-refractivity contribution >= 4 is 24.4 Å². The van der Waals surface area contributed by atoms with Gasteiger partial charge in [-0.15, -0.1) is 0 Å². The van der Waals surface area contributed by atoms with E-state index in [9.17, 15) is 9.59 Å². The minimum absolute atomic E-state index is 0.0476. The van der Waals surface area contributed by atoms with Gasteiger partial charge in [-0.05, 0) is 18.6 Å². The molecule has 2 aromatic rings. The molecule has 1 unspecified atom stereocenters. The number of hydrogen-bond donors (Lipinski definition) is 5. The Bertz CT molecular complexity index is 920. The van der Waals surface area contributed by atoms with Gasteiger partial charge < -0.3 is 26.8 Å². The maximum atomic E-state index is 13.0. The number of fused-ring (bicyclic) bond motifs is 1. The van der Waals surface area contributed by atoms with Crippen LogP contribution in [-0.2, 0) is 4.79 Å². The fraction of sp³-hybridized carbons (Fsp3) is 0.391. The Morgan fingerprint density at radius 1 is 1.19 bits per heavy atom. The summed E-state index contributed by atoms with van der Waals surface area (Å²) in [7, 11) is 0. The molecule has 0 fully saturated rings. The van der Waals surface area contributed by atoms with E-state index in [0.29, 0.717) is 30.2 Å². The molecule has 7 nitrogen and oxygen atoms in total. The molecule has 1 aliphatic heterocycles. The average Bonchev–Trinajstić information content (AvgIpc) is 2.77. The lowest BCUT2D eigenvalue weighted by Crippen LogP contribution is -2.39. The molecule has 2 aromatic carbocycles. The lowest BCUT2D eigenvalue weighted by Gasteiger charge is -2.29. The second-order valence-corrected chi connectivity index (χ2v) is 8.21. The van der Waals surface area contributed by atoms with E-state index in [2.05, 4.69) is 23.3 Å². The van der Waals surface area contributed by atoms with E-state index in [1.807, 2.05) is 43.3 Å². The maximum Gasteiger partial charge on any atom is 0.255 e. The summed E-state index contributed by atoms with van der Waals surface area (Å²) >= 11 is 4.22. The molecule has 0 aliphatic carbocycles. The minimum atomic E-state index is -0.609. The number of aryl methyl sites for hydroxylation is 1.